The van der Waals surface area contributed by atoms with Gasteiger partial charge in [-0.2, -0.15) is 0 Å². The highest BCUT2D eigenvalue weighted by Crippen LogP contribution is 2.27. The zero-order valence-corrected chi connectivity index (χ0v) is 8.35. The van der Waals surface area contributed by atoms with E-state index in [4.69, 9.17) is 5.11 Å². The molecule has 0 saturated carbocycles. The topological polar surface area (TPSA) is 57.5 Å². The van der Waals surface area contributed by atoms with Gasteiger partial charge in [0.2, 0.25) is 0 Å². The first-order valence-electron chi connectivity index (χ1n) is 4.65. The molecule has 1 aromatic rings. The number of hydrogen-bond donors (Lipinski definition) is 2. The average molecular weight is 212 g/mol. The molecule has 0 amide bonds. The van der Waals surface area contributed by atoms with Gasteiger partial charge in [-0.25, -0.2) is 4.39 Å². The van der Waals surface area contributed by atoms with Gasteiger partial charge >= 0.3 is 5.97 Å². The number of phenolic OH excluding ortho intramolecular Hbond substituents is 1. The molecule has 82 valence electrons. The Bertz CT molecular complexity index is 349. The Hall–Kier alpha value is -1.58. The molecule has 0 saturated heterocycles. The Balaban J connectivity index is 2.93. The molecule has 0 radical (unpaired) electrons. The number of hydrogen-bond acceptors (Lipinski definition) is 2. The number of carboxylic acid groups (broad SMARTS) is 1. The molecule has 1 rings (SSSR count). The molecule has 0 spiro atoms. The van der Waals surface area contributed by atoms with Crippen LogP contribution in [0.4, 0.5) is 4.39 Å². The van der Waals surface area contributed by atoms with Crippen molar-refractivity contribution in [3.63, 3.8) is 0 Å². The summed E-state index contributed by atoms with van der Waals surface area (Å²) in [6.07, 6.45) is -1.54. The van der Waals surface area contributed by atoms with Gasteiger partial charge in [-0.1, -0.05) is 12.1 Å². The van der Waals surface area contributed by atoms with Crippen LogP contribution in [0.2, 0.25) is 0 Å². The van der Waals surface area contributed by atoms with E-state index in [9.17, 15) is 14.3 Å². The van der Waals surface area contributed by atoms with E-state index in [1.807, 2.05) is 0 Å². The van der Waals surface area contributed by atoms with Gasteiger partial charge in [0, 0.05) is 5.92 Å². The minimum Gasteiger partial charge on any atom is -0.508 e. The number of carboxylic acids is 1. The van der Waals surface area contributed by atoms with E-state index >= 15 is 0 Å². The first kappa shape index (κ1) is 11.5. The van der Waals surface area contributed by atoms with Crippen LogP contribution < -0.4 is 0 Å². The van der Waals surface area contributed by atoms with Crippen LogP contribution in [-0.2, 0) is 4.79 Å². The van der Waals surface area contributed by atoms with Crippen molar-refractivity contribution in [3.8, 4) is 5.75 Å². The summed E-state index contributed by atoms with van der Waals surface area (Å²) in [7, 11) is 0. The van der Waals surface area contributed by atoms with E-state index in [0.29, 0.717) is 5.56 Å². The molecule has 2 N–H and O–H groups in total. The van der Waals surface area contributed by atoms with E-state index in [2.05, 4.69) is 0 Å². The van der Waals surface area contributed by atoms with Crippen LogP contribution in [0, 0.1) is 0 Å². The van der Waals surface area contributed by atoms with Crippen LogP contribution in [0.5, 0.6) is 5.75 Å². The van der Waals surface area contributed by atoms with E-state index in [-0.39, 0.29) is 12.2 Å². The minimum atomic E-state index is -1.26. The number of halogens is 1. The SMILES string of the molecule is CC(F)C(CC(=O)O)c1cccc(O)c1. The largest absolute Gasteiger partial charge is 0.508 e. The van der Waals surface area contributed by atoms with Crippen molar-refractivity contribution in [1.82, 2.24) is 0 Å². The average Bonchev–Trinajstić information content (AvgIpc) is 2.13. The normalized spacial score (nSPS) is 14.5. The molecule has 0 heterocycles. The van der Waals surface area contributed by atoms with Gasteiger partial charge in [0.1, 0.15) is 11.9 Å². The van der Waals surface area contributed by atoms with E-state index < -0.39 is 18.1 Å². The minimum absolute atomic E-state index is 0.0172. The maximum absolute atomic E-state index is 13.2. The first-order chi connectivity index (χ1) is 7.00. The Morgan fingerprint density at radius 1 is 1.53 bits per heavy atom. The highest BCUT2D eigenvalue weighted by atomic mass is 19.1. The number of carbonyl (C=O) groups is 1. The quantitative estimate of drug-likeness (QED) is 0.805. The lowest BCUT2D eigenvalue weighted by atomic mass is 9.92. The summed E-state index contributed by atoms with van der Waals surface area (Å²) in [6.45, 7) is 1.32. The predicted molar refractivity (Wildman–Crippen MR) is 53.7 cm³/mol. The lowest BCUT2D eigenvalue weighted by Gasteiger charge is -2.16. The monoisotopic (exact) mass is 212 g/mol. The number of benzene rings is 1. The standard InChI is InChI=1S/C11H13FO3/c1-7(12)10(6-11(14)15)8-3-2-4-9(13)5-8/h2-5,7,10,13H,6H2,1H3,(H,14,15). The molecule has 0 aliphatic heterocycles. The van der Waals surface area contributed by atoms with Crippen molar-refractivity contribution in [3.05, 3.63) is 29.8 Å². The molecule has 2 unspecified atom stereocenters. The molecule has 0 aliphatic rings. The Morgan fingerprint density at radius 3 is 2.67 bits per heavy atom. The van der Waals surface area contributed by atoms with Crippen LogP contribution in [0.15, 0.2) is 24.3 Å². The summed E-state index contributed by atoms with van der Waals surface area (Å²) in [4.78, 5) is 10.5. The fourth-order valence-corrected chi connectivity index (χ4v) is 1.49. The maximum Gasteiger partial charge on any atom is 0.304 e. The van der Waals surface area contributed by atoms with Gasteiger partial charge in [0.15, 0.2) is 0 Å². The third-order valence-corrected chi connectivity index (χ3v) is 2.25. The molecule has 1 aromatic carbocycles. The van der Waals surface area contributed by atoms with Crippen molar-refractivity contribution < 1.29 is 19.4 Å². The Labute approximate surface area is 87.2 Å². The molecule has 0 aliphatic carbocycles. The van der Waals surface area contributed by atoms with Crippen LogP contribution in [-0.4, -0.2) is 22.4 Å². The van der Waals surface area contributed by atoms with Gasteiger partial charge in [-0.3, -0.25) is 4.79 Å². The molecule has 0 aromatic heterocycles. The second-order valence-corrected chi connectivity index (χ2v) is 3.48. The molecular formula is C11H13FO3. The molecule has 15 heavy (non-hydrogen) atoms. The molecule has 3 nitrogen and oxygen atoms in total. The van der Waals surface area contributed by atoms with E-state index in [1.165, 1.54) is 19.1 Å². The second-order valence-electron chi connectivity index (χ2n) is 3.48. The fourth-order valence-electron chi connectivity index (χ4n) is 1.49. The van der Waals surface area contributed by atoms with E-state index in [1.54, 1.807) is 12.1 Å². The smallest absolute Gasteiger partial charge is 0.304 e. The predicted octanol–water partition coefficient (Wildman–Crippen LogP) is 2.31. The summed E-state index contributed by atoms with van der Waals surface area (Å²) in [5.41, 5.74) is 0.507. The fraction of sp³-hybridized carbons (Fsp3) is 0.364. The third-order valence-electron chi connectivity index (χ3n) is 2.25. The number of rotatable bonds is 4. The Kier molecular flexibility index (Phi) is 3.66. The highest BCUT2D eigenvalue weighted by Gasteiger charge is 2.22. The van der Waals surface area contributed by atoms with Crippen LogP contribution in [0.3, 0.4) is 0 Å². The third kappa shape index (κ3) is 3.23. The summed E-state index contributed by atoms with van der Waals surface area (Å²) >= 11 is 0. The second kappa shape index (κ2) is 4.77. The zero-order chi connectivity index (χ0) is 11.4. The number of aromatic hydroxyl groups is 1. The van der Waals surface area contributed by atoms with Crippen molar-refractivity contribution in [2.24, 2.45) is 0 Å². The van der Waals surface area contributed by atoms with Gasteiger partial charge in [0.25, 0.3) is 0 Å². The van der Waals surface area contributed by atoms with Gasteiger partial charge < -0.3 is 10.2 Å². The summed E-state index contributed by atoms with van der Waals surface area (Å²) < 4.78 is 13.2. The van der Waals surface area contributed by atoms with Crippen molar-refractivity contribution in [1.29, 1.82) is 0 Å². The molecule has 0 fully saturated rings. The number of alkyl halides is 1. The van der Waals surface area contributed by atoms with Crippen LogP contribution in [0.25, 0.3) is 0 Å². The zero-order valence-electron chi connectivity index (χ0n) is 8.35. The first-order valence-corrected chi connectivity index (χ1v) is 4.65. The Morgan fingerprint density at radius 2 is 2.20 bits per heavy atom. The van der Waals surface area contributed by atoms with Gasteiger partial charge in [-0.05, 0) is 24.6 Å². The molecule has 4 heteroatoms. The maximum atomic E-state index is 13.2. The molecule has 0 bridgehead atoms. The van der Waals surface area contributed by atoms with Crippen LogP contribution >= 0.6 is 0 Å². The van der Waals surface area contributed by atoms with Gasteiger partial charge in [0.05, 0.1) is 6.42 Å². The lowest BCUT2D eigenvalue weighted by molar-refractivity contribution is -0.137. The lowest BCUT2D eigenvalue weighted by Crippen LogP contribution is -2.14. The van der Waals surface area contributed by atoms with E-state index in [0.717, 1.165) is 0 Å². The molecule has 2 atom stereocenters. The highest BCUT2D eigenvalue weighted by molar-refractivity contribution is 5.68. The van der Waals surface area contributed by atoms with Crippen LogP contribution in [0.1, 0.15) is 24.8 Å². The van der Waals surface area contributed by atoms with Crippen molar-refractivity contribution in [2.75, 3.05) is 0 Å². The summed E-state index contributed by atoms with van der Waals surface area (Å²) in [6, 6.07) is 6.04. The summed E-state index contributed by atoms with van der Waals surface area (Å²) in [5, 5.41) is 17.8. The molecular weight excluding hydrogens is 199 g/mol. The number of aliphatic carboxylic acids is 1. The van der Waals surface area contributed by atoms with Crippen molar-refractivity contribution in [2.45, 2.75) is 25.4 Å². The van der Waals surface area contributed by atoms with Crippen molar-refractivity contribution >= 4 is 5.97 Å². The van der Waals surface area contributed by atoms with Gasteiger partial charge in [-0.15, -0.1) is 0 Å². The summed E-state index contributed by atoms with van der Waals surface area (Å²) in [5.74, 6) is -1.74. The number of phenols is 1.